The molecule has 1 N–H and O–H groups in total. The molecule has 0 fully saturated rings. The van der Waals surface area contributed by atoms with Crippen molar-refractivity contribution in [1.82, 2.24) is 0 Å². The van der Waals surface area contributed by atoms with Crippen molar-refractivity contribution in [3.05, 3.63) is 28.5 Å². The molecule has 1 aromatic heterocycles. The van der Waals surface area contributed by atoms with Gasteiger partial charge in [-0.05, 0) is 11.4 Å². The van der Waals surface area contributed by atoms with Crippen LogP contribution in [0.15, 0.2) is 18.0 Å². The van der Waals surface area contributed by atoms with Gasteiger partial charge in [0.15, 0.2) is 0 Å². The second kappa shape index (κ2) is 5.86. The fourth-order valence-electron chi connectivity index (χ4n) is 0.616. The molecule has 0 aliphatic heterocycles. The molecule has 0 aliphatic rings. The Balaban J connectivity index is 0.000000461. The van der Waals surface area contributed by atoms with E-state index in [9.17, 15) is 0 Å². The Morgan fingerprint density at radius 3 is 2.55 bits per heavy atom. The minimum Gasteiger partial charge on any atom is -0.308 e. The molecule has 0 saturated carbocycles. The average molecular weight is 167 g/mol. The molecule has 2 heteroatoms. The third kappa shape index (κ3) is 2.68. The van der Waals surface area contributed by atoms with E-state index in [-0.39, 0.29) is 0 Å². The van der Waals surface area contributed by atoms with Gasteiger partial charge >= 0.3 is 0 Å². The van der Waals surface area contributed by atoms with Gasteiger partial charge in [-0.2, -0.15) is 0 Å². The van der Waals surface area contributed by atoms with Gasteiger partial charge in [0.05, 0.1) is 0 Å². The van der Waals surface area contributed by atoms with Gasteiger partial charge < -0.3 is 5.41 Å². The maximum absolute atomic E-state index is 6.94. The quantitative estimate of drug-likeness (QED) is 0.653. The molecule has 1 aromatic rings. The van der Waals surface area contributed by atoms with Crippen LogP contribution in [0.2, 0.25) is 0 Å². The van der Waals surface area contributed by atoms with Gasteiger partial charge in [-0.15, -0.1) is 11.3 Å². The fraction of sp³-hybridized carbons (Fsp3) is 0.222. The molecule has 1 rings (SSSR count). The lowest BCUT2D eigenvalue weighted by Crippen LogP contribution is -1.73. The lowest BCUT2D eigenvalue weighted by molar-refractivity contribution is 1.50. The summed E-state index contributed by atoms with van der Waals surface area (Å²) < 4.78 is 0. The number of thiophene rings is 1. The minimum atomic E-state index is 0.954. The normalized spacial score (nSPS) is 7.82. The molecule has 11 heavy (non-hydrogen) atoms. The van der Waals surface area contributed by atoms with E-state index in [1.54, 1.807) is 17.4 Å². The van der Waals surface area contributed by atoms with Crippen molar-refractivity contribution in [1.29, 1.82) is 5.41 Å². The van der Waals surface area contributed by atoms with Crippen LogP contribution in [0.3, 0.4) is 0 Å². The van der Waals surface area contributed by atoms with E-state index in [1.807, 2.05) is 25.3 Å². The van der Waals surface area contributed by atoms with Gasteiger partial charge in [-0.3, -0.25) is 0 Å². The highest BCUT2D eigenvalue weighted by Gasteiger charge is 1.93. The Bertz CT molecular complexity index is 203. The van der Waals surface area contributed by atoms with Crippen molar-refractivity contribution in [3.8, 4) is 0 Å². The number of rotatable bonds is 2. The van der Waals surface area contributed by atoms with Crippen molar-refractivity contribution in [2.45, 2.75) is 13.8 Å². The standard InChI is InChI=1S/C7H7NS.C2H6/c1-2-7-6(5-8)3-4-9-7;1-2/h2-5,8H,1H2;1-2H3. The summed E-state index contributed by atoms with van der Waals surface area (Å²) in [6.07, 6.45) is 3.11. The monoisotopic (exact) mass is 167 g/mol. The minimum absolute atomic E-state index is 0.954. The van der Waals surface area contributed by atoms with E-state index in [0.717, 1.165) is 10.4 Å². The maximum atomic E-state index is 6.94. The molecule has 0 saturated heterocycles. The van der Waals surface area contributed by atoms with E-state index in [2.05, 4.69) is 6.58 Å². The second-order valence-electron chi connectivity index (χ2n) is 1.59. The number of hydrogen-bond acceptors (Lipinski definition) is 2. The van der Waals surface area contributed by atoms with Crippen LogP contribution >= 0.6 is 11.3 Å². The molecule has 0 spiro atoms. The number of nitrogens with one attached hydrogen (secondary N) is 1. The lowest BCUT2D eigenvalue weighted by atomic mass is 10.3. The molecule has 1 nitrogen and oxygen atoms in total. The highest BCUT2D eigenvalue weighted by molar-refractivity contribution is 7.11. The van der Waals surface area contributed by atoms with Crippen molar-refractivity contribution in [3.63, 3.8) is 0 Å². The van der Waals surface area contributed by atoms with Gasteiger partial charge in [0.2, 0.25) is 0 Å². The van der Waals surface area contributed by atoms with Crippen molar-refractivity contribution in [2.24, 2.45) is 0 Å². The molecular formula is C9H13NS. The Hall–Kier alpha value is -0.890. The van der Waals surface area contributed by atoms with Gasteiger partial charge in [0.1, 0.15) is 0 Å². The molecule has 0 bridgehead atoms. The Morgan fingerprint density at radius 1 is 1.55 bits per heavy atom. The predicted octanol–water partition coefficient (Wildman–Crippen LogP) is 3.41. The van der Waals surface area contributed by atoms with Gasteiger partial charge in [-0.1, -0.05) is 26.5 Å². The molecule has 0 unspecified atom stereocenters. The highest BCUT2D eigenvalue weighted by Crippen LogP contribution is 2.15. The van der Waals surface area contributed by atoms with Crippen LogP contribution in [-0.2, 0) is 0 Å². The van der Waals surface area contributed by atoms with E-state index in [0.29, 0.717) is 0 Å². The average Bonchev–Trinajstić information content (AvgIpc) is 2.54. The first kappa shape index (κ1) is 10.1. The van der Waals surface area contributed by atoms with Crippen molar-refractivity contribution < 1.29 is 0 Å². The summed E-state index contributed by atoms with van der Waals surface area (Å²) >= 11 is 1.60. The summed E-state index contributed by atoms with van der Waals surface area (Å²) in [7, 11) is 0. The third-order valence-corrected chi connectivity index (χ3v) is 2.00. The zero-order valence-electron chi connectivity index (χ0n) is 6.92. The van der Waals surface area contributed by atoms with Crippen LogP contribution in [0.25, 0.3) is 6.08 Å². The molecule has 0 amide bonds. The Morgan fingerprint density at radius 2 is 2.18 bits per heavy atom. The molecule has 0 atom stereocenters. The summed E-state index contributed by atoms with van der Waals surface area (Å²) in [6.45, 7) is 7.62. The molecular weight excluding hydrogens is 154 g/mol. The van der Waals surface area contributed by atoms with Gasteiger partial charge in [0.25, 0.3) is 0 Å². The molecule has 0 radical (unpaired) electrons. The molecule has 1 heterocycles. The smallest absolute Gasteiger partial charge is 0.0352 e. The number of hydrogen-bond donors (Lipinski definition) is 1. The Labute approximate surface area is 71.9 Å². The molecule has 0 aromatic carbocycles. The van der Waals surface area contributed by atoms with E-state index in [4.69, 9.17) is 5.41 Å². The summed E-state index contributed by atoms with van der Waals surface area (Å²) in [6, 6.07) is 1.91. The van der Waals surface area contributed by atoms with Crippen LogP contribution < -0.4 is 0 Å². The predicted molar refractivity (Wildman–Crippen MR) is 53.6 cm³/mol. The van der Waals surface area contributed by atoms with Crippen LogP contribution in [0.4, 0.5) is 0 Å². The van der Waals surface area contributed by atoms with E-state index in [1.165, 1.54) is 6.21 Å². The SMILES string of the molecule is C=Cc1sccc1C=N.CC. The zero-order chi connectivity index (χ0) is 8.69. The van der Waals surface area contributed by atoms with Crippen LogP contribution in [0, 0.1) is 5.41 Å². The third-order valence-electron chi connectivity index (χ3n) is 1.07. The first-order valence-electron chi connectivity index (χ1n) is 3.59. The van der Waals surface area contributed by atoms with Gasteiger partial charge in [0, 0.05) is 16.7 Å². The van der Waals surface area contributed by atoms with Crippen LogP contribution in [-0.4, -0.2) is 6.21 Å². The summed E-state index contributed by atoms with van der Waals surface area (Å²) in [4.78, 5) is 1.07. The molecule has 0 aliphatic carbocycles. The van der Waals surface area contributed by atoms with Gasteiger partial charge in [-0.25, -0.2) is 0 Å². The molecule has 60 valence electrons. The Kier molecular flexibility index (Phi) is 5.39. The second-order valence-corrected chi connectivity index (χ2v) is 2.54. The van der Waals surface area contributed by atoms with Crippen molar-refractivity contribution >= 4 is 23.6 Å². The first-order valence-corrected chi connectivity index (χ1v) is 4.47. The summed E-state index contributed by atoms with van der Waals surface area (Å²) in [5, 5.41) is 8.89. The van der Waals surface area contributed by atoms with E-state index >= 15 is 0 Å². The first-order chi connectivity index (χ1) is 5.38. The van der Waals surface area contributed by atoms with Crippen molar-refractivity contribution in [2.75, 3.05) is 0 Å². The maximum Gasteiger partial charge on any atom is 0.0352 e. The van der Waals surface area contributed by atoms with E-state index < -0.39 is 0 Å². The van der Waals surface area contributed by atoms with Crippen LogP contribution in [0.1, 0.15) is 24.3 Å². The van der Waals surface area contributed by atoms with Crippen LogP contribution in [0.5, 0.6) is 0 Å². The lowest BCUT2D eigenvalue weighted by Gasteiger charge is -1.84. The fourth-order valence-corrected chi connectivity index (χ4v) is 1.34. The topological polar surface area (TPSA) is 23.9 Å². The largest absolute Gasteiger partial charge is 0.308 e. The summed E-state index contributed by atoms with van der Waals surface area (Å²) in [5.74, 6) is 0. The summed E-state index contributed by atoms with van der Waals surface area (Å²) in [5.41, 5.74) is 0.954. The zero-order valence-corrected chi connectivity index (χ0v) is 7.74. The highest BCUT2D eigenvalue weighted by atomic mass is 32.1.